The summed E-state index contributed by atoms with van der Waals surface area (Å²) in [5, 5.41) is 3.65. The summed E-state index contributed by atoms with van der Waals surface area (Å²) in [4.78, 5) is 1.95. The maximum Gasteiger partial charge on any atom is 0.173 e. The van der Waals surface area contributed by atoms with Gasteiger partial charge in [-0.15, -0.1) is 0 Å². The molecule has 0 radical (unpaired) electrons. The van der Waals surface area contributed by atoms with Gasteiger partial charge in [-0.25, -0.2) is 4.39 Å². The van der Waals surface area contributed by atoms with Crippen molar-refractivity contribution in [2.24, 2.45) is 0 Å². The van der Waals surface area contributed by atoms with Crippen LogP contribution in [-0.4, -0.2) is 17.1 Å². The topological polar surface area (TPSA) is 15.3 Å². The molecule has 0 aliphatic carbocycles. The van der Waals surface area contributed by atoms with Crippen molar-refractivity contribution in [3.8, 4) is 0 Å². The van der Waals surface area contributed by atoms with Crippen LogP contribution in [0.25, 0.3) is 0 Å². The van der Waals surface area contributed by atoms with E-state index < -0.39 is 0 Å². The molecule has 0 heterocycles. The molecule has 116 valence electrons. The Morgan fingerprint density at radius 2 is 1.82 bits per heavy atom. The van der Waals surface area contributed by atoms with E-state index in [2.05, 4.69) is 37.4 Å². The van der Waals surface area contributed by atoms with E-state index in [1.807, 2.05) is 18.0 Å². The van der Waals surface area contributed by atoms with Gasteiger partial charge in [-0.2, -0.15) is 0 Å². The van der Waals surface area contributed by atoms with Crippen LogP contribution in [0.2, 0.25) is 0 Å². The molecule has 0 aromatic heterocycles. The molecule has 0 atom stereocenters. The van der Waals surface area contributed by atoms with E-state index >= 15 is 0 Å². The molecule has 0 bridgehead atoms. The Labute approximate surface area is 137 Å². The molecule has 0 aliphatic heterocycles. The molecule has 0 unspecified atom stereocenters. The number of rotatable bonds is 3. The molecule has 0 fully saturated rings. The molecule has 0 saturated carbocycles. The van der Waals surface area contributed by atoms with Crippen molar-refractivity contribution in [1.29, 1.82) is 0 Å². The van der Waals surface area contributed by atoms with Crippen molar-refractivity contribution in [3.63, 3.8) is 0 Å². The number of hydrogen-bond acceptors (Lipinski definition) is 1. The van der Waals surface area contributed by atoms with Crippen LogP contribution in [0.15, 0.2) is 36.4 Å². The Morgan fingerprint density at radius 3 is 2.45 bits per heavy atom. The normalized spacial score (nSPS) is 10.4. The Bertz CT molecular complexity index is 697. The highest BCUT2D eigenvalue weighted by molar-refractivity contribution is 7.80. The summed E-state index contributed by atoms with van der Waals surface area (Å²) >= 11 is 5.40. The number of anilines is 1. The summed E-state index contributed by atoms with van der Waals surface area (Å²) in [6.07, 6.45) is 0. The Balaban J connectivity index is 2.04. The smallest absolute Gasteiger partial charge is 0.173 e. The van der Waals surface area contributed by atoms with Crippen molar-refractivity contribution in [2.75, 3.05) is 12.4 Å². The predicted molar refractivity (Wildman–Crippen MR) is 94.7 cm³/mol. The molecule has 0 spiro atoms. The standard InChI is InChI=1S/C18H21FN2S/c1-12-5-7-15(14(3)9-12)11-21(4)18(22)20-16-8-6-13(2)17(19)10-16/h5-10H,11H2,1-4H3,(H,20,22). The summed E-state index contributed by atoms with van der Waals surface area (Å²) in [5.41, 5.74) is 5.02. The van der Waals surface area contributed by atoms with Gasteiger partial charge in [-0.1, -0.05) is 29.8 Å². The van der Waals surface area contributed by atoms with Gasteiger partial charge in [0.15, 0.2) is 5.11 Å². The first-order valence-corrected chi connectivity index (χ1v) is 7.62. The van der Waals surface area contributed by atoms with Gasteiger partial charge in [-0.05, 0) is 61.8 Å². The highest BCUT2D eigenvalue weighted by Gasteiger charge is 2.08. The van der Waals surface area contributed by atoms with Gasteiger partial charge in [0, 0.05) is 19.3 Å². The van der Waals surface area contributed by atoms with Crippen molar-refractivity contribution in [2.45, 2.75) is 27.3 Å². The Morgan fingerprint density at radius 1 is 1.09 bits per heavy atom. The molecule has 0 saturated heterocycles. The van der Waals surface area contributed by atoms with Gasteiger partial charge in [0.1, 0.15) is 5.82 Å². The second-order valence-corrected chi connectivity index (χ2v) is 6.07. The second-order valence-electron chi connectivity index (χ2n) is 5.68. The number of nitrogens with one attached hydrogen (secondary N) is 1. The minimum Gasteiger partial charge on any atom is -0.348 e. The molecule has 0 aliphatic rings. The largest absolute Gasteiger partial charge is 0.348 e. The van der Waals surface area contributed by atoms with Crippen molar-refractivity contribution < 1.29 is 4.39 Å². The quantitative estimate of drug-likeness (QED) is 0.834. The summed E-state index contributed by atoms with van der Waals surface area (Å²) in [5.74, 6) is -0.232. The summed E-state index contributed by atoms with van der Waals surface area (Å²) in [7, 11) is 1.93. The zero-order valence-corrected chi connectivity index (χ0v) is 14.2. The van der Waals surface area contributed by atoms with E-state index in [9.17, 15) is 4.39 Å². The Hall–Kier alpha value is -1.94. The lowest BCUT2D eigenvalue weighted by Crippen LogP contribution is -2.30. The van der Waals surface area contributed by atoms with Gasteiger partial charge >= 0.3 is 0 Å². The third kappa shape index (κ3) is 4.04. The number of thiocarbonyl (C=S) groups is 1. The molecule has 2 aromatic rings. The van der Waals surface area contributed by atoms with E-state index in [4.69, 9.17) is 12.2 Å². The average molecular weight is 316 g/mol. The van der Waals surface area contributed by atoms with Gasteiger partial charge in [0.05, 0.1) is 0 Å². The van der Waals surface area contributed by atoms with Gasteiger partial charge in [0.25, 0.3) is 0 Å². The third-order valence-electron chi connectivity index (χ3n) is 3.68. The zero-order valence-electron chi connectivity index (χ0n) is 13.4. The summed E-state index contributed by atoms with van der Waals surface area (Å²) < 4.78 is 13.6. The minimum atomic E-state index is -0.232. The fourth-order valence-electron chi connectivity index (χ4n) is 2.24. The number of benzene rings is 2. The van der Waals surface area contributed by atoms with Gasteiger partial charge in [0.2, 0.25) is 0 Å². The monoisotopic (exact) mass is 316 g/mol. The van der Waals surface area contributed by atoms with Crippen LogP contribution in [0.4, 0.5) is 10.1 Å². The summed E-state index contributed by atoms with van der Waals surface area (Å²) in [6, 6.07) is 11.4. The molecular weight excluding hydrogens is 295 g/mol. The first kappa shape index (κ1) is 16.4. The number of hydrogen-bond donors (Lipinski definition) is 1. The third-order valence-corrected chi connectivity index (χ3v) is 4.09. The van der Waals surface area contributed by atoms with E-state index in [1.54, 1.807) is 13.0 Å². The highest BCUT2D eigenvalue weighted by atomic mass is 32.1. The first-order valence-electron chi connectivity index (χ1n) is 7.21. The highest BCUT2D eigenvalue weighted by Crippen LogP contribution is 2.16. The lowest BCUT2D eigenvalue weighted by molar-refractivity contribution is 0.507. The van der Waals surface area contributed by atoms with Crippen molar-refractivity contribution in [1.82, 2.24) is 4.90 Å². The van der Waals surface area contributed by atoms with Crippen LogP contribution in [-0.2, 0) is 6.54 Å². The number of halogens is 1. The van der Waals surface area contributed by atoms with E-state index in [-0.39, 0.29) is 5.82 Å². The van der Waals surface area contributed by atoms with E-state index in [0.29, 0.717) is 22.9 Å². The SMILES string of the molecule is Cc1ccc(CN(C)C(=S)Nc2ccc(C)c(F)c2)c(C)c1. The Kier molecular flexibility index (Phi) is 5.14. The maximum atomic E-state index is 13.6. The van der Waals surface area contributed by atoms with Crippen LogP contribution in [0, 0.1) is 26.6 Å². The van der Waals surface area contributed by atoms with Crippen molar-refractivity contribution in [3.05, 3.63) is 64.5 Å². The molecule has 4 heteroatoms. The predicted octanol–water partition coefficient (Wildman–Crippen LogP) is 4.58. The van der Waals surface area contributed by atoms with Crippen LogP contribution < -0.4 is 5.32 Å². The second kappa shape index (κ2) is 6.88. The number of aryl methyl sites for hydroxylation is 3. The average Bonchev–Trinajstić information content (AvgIpc) is 2.45. The maximum absolute atomic E-state index is 13.6. The minimum absolute atomic E-state index is 0.232. The van der Waals surface area contributed by atoms with Crippen LogP contribution >= 0.6 is 12.2 Å². The fourth-order valence-corrected chi connectivity index (χ4v) is 2.42. The van der Waals surface area contributed by atoms with E-state index in [0.717, 1.165) is 0 Å². The molecule has 2 aromatic carbocycles. The molecule has 2 rings (SSSR count). The fraction of sp³-hybridized carbons (Fsp3) is 0.278. The first-order chi connectivity index (χ1) is 10.4. The molecular formula is C18H21FN2S. The van der Waals surface area contributed by atoms with E-state index in [1.165, 1.54) is 22.8 Å². The molecule has 1 N–H and O–H groups in total. The molecule has 22 heavy (non-hydrogen) atoms. The van der Waals surface area contributed by atoms with Crippen molar-refractivity contribution >= 4 is 23.0 Å². The van der Waals surface area contributed by atoms with Crippen LogP contribution in [0.1, 0.15) is 22.3 Å². The zero-order chi connectivity index (χ0) is 16.3. The molecule has 0 amide bonds. The lowest BCUT2D eigenvalue weighted by atomic mass is 10.1. The van der Waals surface area contributed by atoms with Crippen LogP contribution in [0.3, 0.4) is 0 Å². The number of nitrogens with zero attached hydrogens (tertiary/aromatic N) is 1. The molecule has 2 nitrogen and oxygen atoms in total. The summed E-state index contributed by atoms with van der Waals surface area (Å²) in [6.45, 7) is 6.64. The van der Waals surface area contributed by atoms with Gasteiger partial charge in [-0.3, -0.25) is 0 Å². The lowest BCUT2D eigenvalue weighted by Gasteiger charge is -2.22. The van der Waals surface area contributed by atoms with Crippen LogP contribution in [0.5, 0.6) is 0 Å². The van der Waals surface area contributed by atoms with Gasteiger partial charge < -0.3 is 10.2 Å².